The number of benzene rings is 2. The summed E-state index contributed by atoms with van der Waals surface area (Å²) in [4.78, 5) is 28.9. The number of hydrogen-bond acceptors (Lipinski definition) is 3. The quantitative estimate of drug-likeness (QED) is 0.803. The first-order chi connectivity index (χ1) is 11.5. The minimum Gasteiger partial charge on any atom is -0.348 e. The van der Waals surface area contributed by atoms with E-state index in [1.807, 2.05) is 44.2 Å². The fourth-order valence-corrected chi connectivity index (χ4v) is 2.60. The first-order valence-corrected chi connectivity index (χ1v) is 7.85. The summed E-state index contributed by atoms with van der Waals surface area (Å²) < 4.78 is 1.33. The van der Waals surface area contributed by atoms with Gasteiger partial charge in [-0.2, -0.15) is 0 Å². The molecule has 0 spiro atoms. The van der Waals surface area contributed by atoms with Crippen LogP contribution in [0, 0.1) is 6.92 Å². The van der Waals surface area contributed by atoms with Crippen LogP contribution in [0.5, 0.6) is 0 Å². The Morgan fingerprint density at radius 2 is 1.88 bits per heavy atom. The van der Waals surface area contributed by atoms with Crippen molar-refractivity contribution >= 4 is 16.8 Å². The first kappa shape index (κ1) is 15.9. The van der Waals surface area contributed by atoms with Gasteiger partial charge in [0.2, 0.25) is 5.91 Å². The molecule has 0 bridgehead atoms. The average Bonchev–Trinajstić information content (AvgIpc) is 2.58. The van der Waals surface area contributed by atoms with Crippen LogP contribution in [0.1, 0.15) is 24.1 Å². The average molecular weight is 321 g/mol. The van der Waals surface area contributed by atoms with Gasteiger partial charge in [-0.05, 0) is 31.5 Å². The van der Waals surface area contributed by atoms with Crippen LogP contribution in [0.25, 0.3) is 10.9 Å². The Hall–Kier alpha value is -2.95. The summed E-state index contributed by atoms with van der Waals surface area (Å²) >= 11 is 0. The SMILES string of the molecule is Cc1ccc([C@@H](C)NC(=O)Cn2cnc3ccccc3c2=O)cc1. The summed E-state index contributed by atoms with van der Waals surface area (Å²) in [5, 5.41) is 3.43. The predicted octanol–water partition coefficient (Wildman–Crippen LogP) is 2.58. The van der Waals surface area contributed by atoms with Gasteiger partial charge >= 0.3 is 0 Å². The van der Waals surface area contributed by atoms with Crippen molar-refractivity contribution in [2.75, 3.05) is 0 Å². The van der Waals surface area contributed by atoms with Gasteiger partial charge in [0, 0.05) is 0 Å². The van der Waals surface area contributed by atoms with E-state index in [9.17, 15) is 9.59 Å². The van der Waals surface area contributed by atoms with Crippen LogP contribution in [-0.4, -0.2) is 15.5 Å². The third-order valence-electron chi connectivity index (χ3n) is 4.00. The minimum absolute atomic E-state index is 0.0487. The third kappa shape index (κ3) is 3.35. The van der Waals surface area contributed by atoms with E-state index >= 15 is 0 Å². The van der Waals surface area contributed by atoms with Crippen molar-refractivity contribution in [2.45, 2.75) is 26.4 Å². The number of hydrogen-bond donors (Lipinski definition) is 1. The molecule has 0 fully saturated rings. The molecule has 0 aliphatic carbocycles. The smallest absolute Gasteiger partial charge is 0.261 e. The number of nitrogens with one attached hydrogen (secondary N) is 1. The van der Waals surface area contributed by atoms with Crippen LogP contribution in [0.3, 0.4) is 0 Å². The van der Waals surface area contributed by atoms with E-state index < -0.39 is 0 Å². The molecule has 0 radical (unpaired) electrons. The number of nitrogens with zero attached hydrogens (tertiary/aromatic N) is 2. The molecule has 1 atom stereocenters. The molecule has 24 heavy (non-hydrogen) atoms. The van der Waals surface area contributed by atoms with Crippen molar-refractivity contribution in [1.82, 2.24) is 14.9 Å². The van der Waals surface area contributed by atoms with E-state index in [-0.39, 0.29) is 24.1 Å². The zero-order valence-corrected chi connectivity index (χ0v) is 13.7. The molecule has 0 saturated heterocycles. The van der Waals surface area contributed by atoms with E-state index in [1.54, 1.807) is 18.2 Å². The van der Waals surface area contributed by atoms with Gasteiger partial charge in [-0.3, -0.25) is 14.2 Å². The normalized spacial score (nSPS) is 12.1. The number of fused-ring (bicyclic) bond motifs is 1. The highest BCUT2D eigenvalue weighted by Crippen LogP contribution is 2.13. The van der Waals surface area contributed by atoms with Gasteiger partial charge in [-0.1, -0.05) is 42.0 Å². The van der Waals surface area contributed by atoms with Gasteiger partial charge in [0.05, 0.1) is 23.3 Å². The van der Waals surface area contributed by atoms with Gasteiger partial charge in [0.1, 0.15) is 6.54 Å². The molecule has 1 N–H and O–H groups in total. The number of rotatable bonds is 4. The molecule has 0 aliphatic rings. The van der Waals surface area contributed by atoms with Crippen molar-refractivity contribution in [2.24, 2.45) is 0 Å². The lowest BCUT2D eigenvalue weighted by Crippen LogP contribution is -2.33. The number of aromatic nitrogens is 2. The van der Waals surface area contributed by atoms with Crippen LogP contribution in [0.15, 0.2) is 59.7 Å². The number of carbonyl (C=O) groups excluding carboxylic acids is 1. The van der Waals surface area contributed by atoms with Gasteiger partial charge in [-0.15, -0.1) is 0 Å². The molecule has 5 heteroatoms. The van der Waals surface area contributed by atoms with Crippen molar-refractivity contribution in [1.29, 1.82) is 0 Å². The first-order valence-electron chi connectivity index (χ1n) is 7.85. The third-order valence-corrected chi connectivity index (χ3v) is 4.00. The number of aryl methyl sites for hydroxylation is 1. The topological polar surface area (TPSA) is 64.0 Å². The second-order valence-electron chi connectivity index (χ2n) is 5.89. The van der Waals surface area contributed by atoms with Crippen molar-refractivity contribution in [3.05, 3.63) is 76.3 Å². The Labute approximate surface area is 140 Å². The second kappa shape index (κ2) is 6.66. The second-order valence-corrected chi connectivity index (χ2v) is 5.89. The molecule has 1 heterocycles. The molecule has 0 unspecified atom stereocenters. The summed E-state index contributed by atoms with van der Waals surface area (Å²) in [6.07, 6.45) is 1.42. The van der Waals surface area contributed by atoms with E-state index in [4.69, 9.17) is 0 Å². The fraction of sp³-hybridized carbons (Fsp3) is 0.211. The predicted molar refractivity (Wildman–Crippen MR) is 93.7 cm³/mol. The molecule has 1 amide bonds. The molecule has 5 nitrogen and oxygen atoms in total. The molecule has 2 aromatic carbocycles. The Morgan fingerprint density at radius 3 is 2.62 bits per heavy atom. The Morgan fingerprint density at radius 1 is 1.17 bits per heavy atom. The largest absolute Gasteiger partial charge is 0.348 e. The van der Waals surface area contributed by atoms with Crippen molar-refractivity contribution in [3.63, 3.8) is 0 Å². The van der Waals surface area contributed by atoms with Crippen LogP contribution in [0.4, 0.5) is 0 Å². The lowest BCUT2D eigenvalue weighted by Gasteiger charge is -2.15. The zero-order valence-electron chi connectivity index (χ0n) is 13.7. The van der Waals surface area contributed by atoms with Crippen LogP contribution >= 0.6 is 0 Å². The van der Waals surface area contributed by atoms with E-state index in [1.165, 1.54) is 16.5 Å². The zero-order chi connectivity index (χ0) is 17.1. The number of amides is 1. The monoisotopic (exact) mass is 321 g/mol. The molecule has 1 aromatic heterocycles. The van der Waals surface area contributed by atoms with E-state index in [2.05, 4.69) is 10.3 Å². The Kier molecular flexibility index (Phi) is 4.42. The summed E-state index contributed by atoms with van der Waals surface area (Å²) in [6, 6.07) is 15.0. The summed E-state index contributed by atoms with van der Waals surface area (Å²) in [5.74, 6) is -0.220. The van der Waals surface area contributed by atoms with Gasteiger partial charge < -0.3 is 5.32 Å². The highest BCUT2D eigenvalue weighted by atomic mass is 16.2. The number of carbonyl (C=O) groups is 1. The summed E-state index contributed by atoms with van der Waals surface area (Å²) in [7, 11) is 0. The number of para-hydroxylation sites is 1. The van der Waals surface area contributed by atoms with Gasteiger partial charge in [-0.25, -0.2) is 4.98 Å². The van der Waals surface area contributed by atoms with E-state index in [0.29, 0.717) is 10.9 Å². The molecule has 0 aliphatic heterocycles. The maximum Gasteiger partial charge on any atom is 0.261 e. The maximum atomic E-state index is 12.4. The molecule has 3 rings (SSSR count). The highest BCUT2D eigenvalue weighted by molar-refractivity contribution is 5.79. The van der Waals surface area contributed by atoms with Crippen LogP contribution in [0.2, 0.25) is 0 Å². The summed E-state index contributed by atoms with van der Waals surface area (Å²) in [5.41, 5.74) is 2.62. The molecule has 122 valence electrons. The Bertz CT molecular complexity index is 929. The van der Waals surface area contributed by atoms with Crippen LogP contribution in [-0.2, 0) is 11.3 Å². The van der Waals surface area contributed by atoms with Gasteiger partial charge in [0.15, 0.2) is 0 Å². The standard InChI is InChI=1S/C19H19N3O2/c1-13-7-9-15(10-8-13)14(2)21-18(23)11-22-12-20-17-6-4-3-5-16(17)19(22)24/h3-10,12,14H,11H2,1-2H3,(H,21,23)/t14-/m1/s1. The Balaban J connectivity index is 1.74. The van der Waals surface area contributed by atoms with Crippen LogP contribution < -0.4 is 10.9 Å². The summed E-state index contributed by atoms with van der Waals surface area (Å²) in [6.45, 7) is 3.89. The molecule has 3 aromatic rings. The fourth-order valence-electron chi connectivity index (χ4n) is 2.60. The highest BCUT2D eigenvalue weighted by Gasteiger charge is 2.11. The van der Waals surface area contributed by atoms with E-state index in [0.717, 1.165) is 5.56 Å². The van der Waals surface area contributed by atoms with Crippen molar-refractivity contribution < 1.29 is 4.79 Å². The molecular weight excluding hydrogens is 302 g/mol. The lowest BCUT2D eigenvalue weighted by atomic mass is 10.1. The molecular formula is C19H19N3O2. The maximum absolute atomic E-state index is 12.4. The lowest BCUT2D eigenvalue weighted by molar-refractivity contribution is -0.122. The van der Waals surface area contributed by atoms with Gasteiger partial charge in [0.25, 0.3) is 5.56 Å². The van der Waals surface area contributed by atoms with Crippen molar-refractivity contribution in [3.8, 4) is 0 Å². The minimum atomic E-state index is -0.220. The molecule has 0 saturated carbocycles.